The number of aliphatic hydroxyl groups excluding tert-OH is 1. The molecular formula is C26H44BrN3O2. The Balaban J connectivity index is 0.00000512. The Labute approximate surface area is 204 Å². The molecule has 1 heterocycles. The molecule has 0 radical (unpaired) electrons. The molecule has 2 aromatic rings. The number of aromatic hydroxyl groups is 1. The third-order valence-corrected chi connectivity index (χ3v) is 6.41. The molecule has 0 fully saturated rings. The number of nitrogens with zero attached hydrogens (tertiary/aromatic N) is 2. The van der Waals surface area contributed by atoms with E-state index in [1.807, 2.05) is 29.1 Å². The van der Waals surface area contributed by atoms with Crippen LogP contribution in [0.1, 0.15) is 97.4 Å². The average molecular weight is 511 g/mol. The molecule has 1 aromatic carbocycles. The molecule has 1 atom stereocenters. The number of benzene rings is 1. The van der Waals surface area contributed by atoms with Crippen molar-refractivity contribution in [1.82, 2.24) is 9.13 Å². The first-order valence-electron chi connectivity index (χ1n) is 11.7. The fourth-order valence-corrected chi connectivity index (χ4v) is 4.10. The highest BCUT2D eigenvalue weighted by Gasteiger charge is 2.28. The van der Waals surface area contributed by atoms with Gasteiger partial charge in [-0.25, -0.2) is 0 Å². The lowest BCUT2D eigenvalue weighted by Crippen LogP contribution is -2.27. The molecule has 3 N–H and O–H groups in total. The van der Waals surface area contributed by atoms with Crippen molar-refractivity contribution < 1.29 is 10.2 Å². The predicted octanol–water partition coefficient (Wildman–Crippen LogP) is 6.21. The maximum Gasteiger partial charge on any atom is 0.202 e. The Kier molecular flexibility index (Phi) is 9.85. The minimum absolute atomic E-state index is 0. The van der Waals surface area contributed by atoms with Crippen LogP contribution in [-0.2, 0) is 23.9 Å². The van der Waals surface area contributed by atoms with Crippen LogP contribution in [0.4, 0.5) is 0 Å². The number of rotatable bonds is 8. The second-order valence-electron chi connectivity index (χ2n) is 10.9. The van der Waals surface area contributed by atoms with Crippen molar-refractivity contribution >= 4 is 17.0 Å². The first-order chi connectivity index (χ1) is 14.3. The van der Waals surface area contributed by atoms with Gasteiger partial charge in [0.1, 0.15) is 5.75 Å². The van der Waals surface area contributed by atoms with E-state index in [-0.39, 0.29) is 27.8 Å². The van der Waals surface area contributed by atoms with Crippen molar-refractivity contribution in [3.05, 3.63) is 46.8 Å². The molecule has 2 rings (SSSR count). The van der Waals surface area contributed by atoms with Crippen molar-refractivity contribution in [3.63, 3.8) is 0 Å². The van der Waals surface area contributed by atoms with Crippen LogP contribution in [0.2, 0.25) is 0 Å². The van der Waals surface area contributed by atoms with Crippen LogP contribution in [0.5, 0.6) is 5.75 Å². The Morgan fingerprint density at radius 2 is 1.38 bits per heavy atom. The minimum Gasteiger partial charge on any atom is -0.507 e. The molecule has 0 spiro atoms. The number of phenols is 1. The van der Waals surface area contributed by atoms with E-state index in [1.165, 1.54) is 0 Å². The Morgan fingerprint density at radius 3 is 1.81 bits per heavy atom. The van der Waals surface area contributed by atoms with Crippen LogP contribution >= 0.6 is 17.0 Å². The lowest BCUT2D eigenvalue weighted by atomic mass is 9.78. The first-order valence-corrected chi connectivity index (χ1v) is 11.7. The zero-order valence-electron chi connectivity index (χ0n) is 21.2. The van der Waals surface area contributed by atoms with Gasteiger partial charge >= 0.3 is 0 Å². The number of phenolic OH excluding ortho intramolecular Hbond substituents is 1. The van der Waals surface area contributed by atoms with Crippen LogP contribution in [0.25, 0.3) is 0 Å². The minimum atomic E-state index is -0.758. The van der Waals surface area contributed by atoms with E-state index in [0.717, 1.165) is 42.5 Å². The third kappa shape index (κ3) is 6.74. The topological polar surface area (TPSA) is 74.2 Å². The molecule has 32 heavy (non-hydrogen) atoms. The predicted molar refractivity (Wildman–Crippen MR) is 138 cm³/mol. The molecule has 0 amide bonds. The standard InChI is InChI=1S/C26H43N3O2.BrH/c1-9-18(10-2)11-12-28-13-14-29(24(28)27)17-22(30)19-15-20(25(3,4)5)23(31)21(16-19)26(6,7)8;/h13-16,18,22,27,30-31H,9-12,17H2,1-8H3;1H. The summed E-state index contributed by atoms with van der Waals surface area (Å²) in [6.45, 7) is 18.0. The smallest absolute Gasteiger partial charge is 0.202 e. The highest BCUT2D eigenvalue weighted by molar-refractivity contribution is 8.93. The van der Waals surface area contributed by atoms with E-state index in [2.05, 4.69) is 55.4 Å². The summed E-state index contributed by atoms with van der Waals surface area (Å²) in [7, 11) is 0. The summed E-state index contributed by atoms with van der Waals surface area (Å²) in [6.07, 6.45) is 6.46. The van der Waals surface area contributed by atoms with E-state index >= 15 is 0 Å². The van der Waals surface area contributed by atoms with Gasteiger partial charge in [-0.1, -0.05) is 68.2 Å². The van der Waals surface area contributed by atoms with Gasteiger partial charge in [0, 0.05) is 18.9 Å². The number of hydrogen-bond acceptors (Lipinski definition) is 3. The normalized spacial score (nSPS) is 13.3. The maximum atomic E-state index is 11.1. The van der Waals surface area contributed by atoms with E-state index in [0.29, 0.717) is 23.8 Å². The van der Waals surface area contributed by atoms with Gasteiger partial charge in [-0.3, -0.25) is 5.41 Å². The number of imidazole rings is 1. The third-order valence-electron chi connectivity index (χ3n) is 6.41. The fraction of sp³-hybridized carbons (Fsp3) is 0.654. The van der Waals surface area contributed by atoms with E-state index in [9.17, 15) is 10.2 Å². The number of aryl methyl sites for hydroxylation is 1. The van der Waals surface area contributed by atoms with Gasteiger partial charge in [0.2, 0.25) is 5.62 Å². The molecule has 6 heteroatoms. The first kappa shape index (κ1) is 28.5. The van der Waals surface area contributed by atoms with Crippen LogP contribution in [0.15, 0.2) is 24.5 Å². The second kappa shape index (κ2) is 11.1. The van der Waals surface area contributed by atoms with Crippen molar-refractivity contribution in [2.45, 2.75) is 105 Å². The summed E-state index contributed by atoms with van der Waals surface area (Å²) in [4.78, 5) is 0. The molecule has 182 valence electrons. The van der Waals surface area contributed by atoms with Crippen molar-refractivity contribution in [2.24, 2.45) is 5.92 Å². The number of hydrogen-bond donors (Lipinski definition) is 3. The van der Waals surface area contributed by atoms with Gasteiger partial charge < -0.3 is 19.3 Å². The Morgan fingerprint density at radius 1 is 0.906 bits per heavy atom. The summed E-state index contributed by atoms with van der Waals surface area (Å²) >= 11 is 0. The SMILES string of the molecule is Br.CCC(CC)CCn1ccn(CC(O)c2cc(C(C)(C)C)c(O)c(C(C)(C)C)c2)c1=N. The number of nitrogens with one attached hydrogen (secondary N) is 1. The van der Waals surface area contributed by atoms with Crippen LogP contribution in [0.3, 0.4) is 0 Å². The Hall–Kier alpha value is -1.53. The van der Waals surface area contributed by atoms with Gasteiger partial charge in [-0.2, -0.15) is 0 Å². The van der Waals surface area contributed by atoms with Gasteiger partial charge in [-0.15, -0.1) is 17.0 Å². The lowest BCUT2D eigenvalue weighted by Gasteiger charge is -2.29. The van der Waals surface area contributed by atoms with Gasteiger partial charge in [-0.05, 0) is 52.0 Å². The molecule has 0 aliphatic carbocycles. The highest BCUT2D eigenvalue weighted by atomic mass is 79.9. The van der Waals surface area contributed by atoms with E-state index in [1.54, 1.807) is 4.57 Å². The second-order valence-corrected chi connectivity index (χ2v) is 10.9. The van der Waals surface area contributed by atoms with Gasteiger partial charge in [0.25, 0.3) is 0 Å². The largest absolute Gasteiger partial charge is 0.507 e. The molecule has 1 unspecified atom stereocenters. The number of aliphatic hydroxyl groups is 1. The summed E-state index contributed by atoms with van der Waals surface area (Å²) in [5, 5.41) is 30.5. The van der Waals surface area contributed by atoms with Crippen LogP contribution in [0, 0.1) is 11.3 Å². The molecule has 0 saturated heterocycles. The van der Waals surface area contributed by atoms with E-state index < -0.39 is 6.10 Å². The summed E-state index contributed by atoms with van der Waals surface area (Å²) in [5.41, 5.74) is 2.39. The molecule has 0 bridgehead atoms. The summed E-state index contributed by atoms with van der Waals surface area (Å²) in [5.74, 6) is 1.00. The summed E-state index contributed by atoms with van der Waals surface area (Å²) in [6, 6.07) is 3.84. The zero-order valence-corrected chi connectivity index (χ0v) is 22.9. The molecule has 5 nitrogen and oxygen atoms in total. The van der Waals surface area contributed by atoms with Crippen LogP contribution in [-0.4, -0.2) is 19.3 Å². The molecule has 1 aromatic heterocycles. The molecule has 0 aliphatic heterocycles. The van der Waals surface area contributed by atoms with Crippen LogP contribution < -0.4 is 5.62 Å². The maximum absolute atomic E-state index is 11.1. The molecule has 0 saturated carbocycles. The fourth-order valence-electron chi connectivity index (χ4n) is 4.10. The quantitative estimate of drug-likeness (QED) is 0.395. The van der Waals surface area contributed by atoms with Crippen molar-refractivity contribution in [1.29, 1.82) is 5.41 Å². The zero-order chi connectivity index (χ0) is 23.6. The average Bonchev–Trinajstić information content (AvgIpc) is 3.00. The summed E-state index contributed by atoms with van der Waals surface area (Å²) < 4.78 is 3.76. The van der Waals surface area contributed by atoms with Crippen molar-refractivity contribution in [3.8, 4) is 5.75 Å². The van der Waals surface area contributed by atoms with E-state index in [4.69, 9.17) is 5.41 Å². The molecular weight excluding hydrogens is 466 g/mol. The van der Waals surface area contributed by atoms with Gasteiger partial charge in [0.15, 0.2) is 0 Å². The monoisotopic (exact) mass is 509 g/mol. The number of halogens is 1. The highest BCUT2D eigenvalue weighted by Crippen LogP contribution is 2.41. The Bertz CT molecular complexity index is 893. The lowest BCUT2D eigenvalue weighted by molar-refractivity contribution is 0.153. The van der Waals surface area contributed by atoms with Crippen molar-refractivity contribution in [2.75, 3.05) is 0 Å². The number of aromatic nitrogens is 2. The molecule has 0 aliphatic rings. The van der Waals surface area contributed by atoms with Gasteiger partial charge in [0.05, 0.1) is 12.6 Å².